The minimum Gasteiger partial charge on any atom is -0.345 e. The van der Waals surface area contributed by atoms with Crippen molar-refractivity contribution in [3.8, 4) is 0 Å². The molecule has 0 radical (unpaired) electrons. The van der Waals surface area contributed by atoms with E-state index in [-0.39, 0.29) is 6.04 Å². The van der Waals surface area contributed by atoms with Crippen molar-refractivity contribution in [3.63, 3.8) is 0 Å². The zero-order valence-electron chi connectivity index (χ0n) is 16.7. The fraction of sp³-hybridized carbons (Fsp3) is 0.636. The van der Waals surface area contributed by atoms with E-state index in [4.69, 9.17) is 0 Å². The Kier molecular flexibility index (Phi) is 7.24. The number of carbonyl (C=O) groups excluding carboxylic acids is 2. The molecule has 0 spiro atoms. The smallest absolute Gasteiger partial charge is 0.309 e. The van der Waals surface area contributed by atoms with Crippen molar-refractivity contribution in [1.29, 1.82) is 0 Å². The van der Waals surface area contributed by atoms with Crippen LogP contribution in [0.1, 0.15) is 70.9 Å². The lowest BCUT2D eigenvalue weighted by Crippen LogP contribution is -2.46. The molecular formula is C22H34N2O2. The van der Waals surface area contributed by atoms with Gasteiger partial charge in [-0.15, -0.1) is 0 Å². The maximum atomic E-state index is 12.1. The molecule has 1 aliphatic rings. The number of amides is 2. The first kappa shape index (κ1) is 20.5. The van der Waals surface area contributed by atoms with Gasteiger partial charge in [-0.25, -0.2) is 0 Å². The third-order valence-corrected chi connectivity index (χ3v) is 6.17. The van der Waals surface area contributed by atoms with Crippen LogP contribution >= 0.6 is 0 Å². The Morgan fingerprint density at radius 2 is 1.54 bits per heavy atom. The van der Waals surface area contributed by atoms with E-state index in [1.165, 1.54) is 12.0 Å². The van der Waals surface area contributed by atoms with Crippen molar-refractivity contribution in [2.45, 2.75) is 78.8 Å². The van der Waals surface area contributed by atoms with Gasteiger partial charge in [0.15, 0.2) is 0 Å². The summed E-state index contributed by atoms with van der Waals surface area (Å²) in [6.45, 7) is 9.40. The molecule has 0 heterocycles. The van der Waals surface area contributed by atoms with Gasteiger partial charge >= 0.3 is 11.8 Å². The van der Waals surface area contributed by atoms with Crippen LogP contribution in [0.5, 0.6) is 0 Å². The van der Waals surface area contributed by atoms with E-state index in [1.54, 1.807) is 0 Å². The van der Waals surface area contributed by atoms with Crippen LogP contribution in [0.25, 0.3) is 0 Å². The van der Waals surface area contributed by atoms with Gasteiger partial charge in [0.1, 0.15) is 0 Å². The fourth-order valence-corrected chi connectivity index (χ4v) is 3.71. The molecule has 0 atom stereocenters. The number of benzene rings is 1. The quantitative estimate of drug-likeness (QED) is 0.756. The summed E-state index contributed by atoms with van der Waals surface area (Å²) in [5.41, 5.74) is 2.63. The van der Waals surface area contributed by atoms with Crippen LogP contribution < -0.4 is 10.6 Å². The van der Waals surface area contributed by atoms with Gasteiger partial charge in [0, 0.05) is 12.6 Å². The molecule has 2 rings (SSSR count). The normalized spacial score (nSPS) is 20.5. The predicted molar refractivity (Wildman–Crippen MR) is 106 cm³/mol. The van der Waals surface area contributed by atoms with Crippen LogP contribution in [-0.2, 0) is 22.6 Å². The molecule has 0 saturated heterocycles. The molecule has 4 heteroatoms. The summed E-state index contributed by atoms with van der Waals surface area (Å²) in [4.78, 5) is 24.2. The highest BCUT2D eigenvalue weighted by Gasteiger charge is 2.32. The average molecular weight is 359 g/mol. The summed E-state index contributed by atoms with van der Waals surface area (Å²) in [6, 6.07) is 8.22. The molecule has 0 bridgehead atoms. The number of rotatable bonds is 6. The Hall–Kier alpha value is -1.84. The lowest BCUT2D eigenvalue weighted by molar-refractivity contribution is -0.139. The maximum absolute atomic E-state index is 12.1. The van der Waals surface area contributed by atoms with Crippen molar-refractivity contribution in [3.05, 3.63) is 35.4 Å². The molecule has 144 valence electrons. The molecule has 1 saturated carbocycles. The summed E-state index contributed by atoms with van der Waals surface area (Å²) >= 11 is 0. The summed E-state index contributed by atoms with van der Waals surface area (Å²) in [5.74, 6) is -0.338. The molecule has 0 aromatic heterocycles. The third-order valence-electron chi connectivity index (χ3n) is 6.17. The molecule has 1 fully saturated rings. The zero-order chi connectivity index (χ0) is 19.2. The second kappa shape index (κ2) is 9.20. The van der Waals surface area contributed by atoms with Crippen molar-refractivity contribution >= 4 is 11.8 Å². The Labute approximate surface area is 158 Å². The third kappa shape index (κ3) is 5.58. The van der Waals surface area contributed by atoms with Crippen molar-refractivity contribution in [2.24, 2.45) is 11.3 Å². The average Bonchev–Trinajstić information content (AvgIpc) is 2.66. The lowest BCUT2D eigenvalue weighted by atomic mass is 9.69. The van der Waals surface area contributed by atoms with E-state index in [0.717, 1.165) is 37.7 Å². The predicted octanol–water partition coefficient (Wildman–Crippen LogP) is 3.98. The highest BCUT2D eigenvalue weighted by Crippen LogP contribution is 2.40. The number of carbonyl (C=O) groups is 2. The number of nitrogens with one attached hydrogen (secondary N) is 2. The molecule has 26 heavy (non-hydrogen) atoms. The minimum absolute atomic E-state index is 0.126. The van der Waals surface area contributed by atoms with Crippen LogP contribution in [0.3, 0.4) is 0 Å². The van der Waals surface area contributed by atoms with E-state index in [9.17, 15) is 9.59 Å². The second-order valence-corrected chi connectivity index (χ2v) is 8.22. The van der Waals surface area contributed by atoms with Gasteiger partial charge in [0.25, 0.3) is 0 Å². The summed E-state index contributed by atoms with van der Waals surface area (Å²) in [5, 5.41) is 5.63. The Morgan fingerprint density at radius 1 is 0.962 bits per heavy atom. The van der Waals surface area contributed by atoms with E-state index in [2.05, 4.69) is 50.5 Å². The van der Waals surface area contributed by atoms with Crippen LogP contribution in [0.4, 0.5) is 0 Å². The summed E-state index contributed by atoms with van der Waals surface area (Å²) in [6.07, 6.45) is 6.34. The van der Waals surface area contributed by atoms with E-state index < -0.39 is 11.8 Å². The molecule has 1 aromatic carbocycles. The van der Waals surface area contributed by atoms with Crippen LogP contribution in [0.15, 0.2) is 24.3 Å². The van der Waals surface area contributed by atoms with Crippen molar-refractivity contribution in [1.82, 2.24) is 10.6 Å². The highest BCUT2D eigenvalue weighted by molar-refractivity contribution is 6.35. The van der Waals surface area contributed by atoms with E-state index in [0.29, 0.717) is 17.9 Å². The minimum atomic E-state index is -0.541. The topological polar surface area (TPSA) is 58.2 Å². The van der Waals surface area contributed by atoms with Gasteiger partial charge in [0.2, 0.25) is 0 Å². The molecular weight excluding hydrogens is 324 g/mol. The van der Waals surface area contributed by atoms with E-state index >= 15 is 0 Å². The second-order valence-electron chi connectivity index (χ2n) is 8.22. The Morgan fingerprint density at radius 3 is 2.08 bits per heavy atom. The van der Waals surface area contributed by atoms with Crippen LogP contribution in [0.2, 0.25) is 0 Å². The number of hydrogen-bond acceptors (Lipinski definition) is 2. The summed E-state index contributed by atoms with van der Waals surface area (Å²) in [7, 11) is 0. The first-order chi connectivity index (χ1) is 12.4. The molecule has 0 unspecified atom stereocenters. The maximum Gasteiger partial charge on any atom is 0.309 e. The molecule has 2 amide bonds. The first-order valence-electron chi connectivity index (χ1n) is 10.0. The van der Waals surface area contributed by atoms with Gasteiger partial charge in [-0.05, 0) is 54.6 Å². The van der Waals surface area contributed by atoms with Gasteiger partial charge in [0.05, 0.1) is 0 Å². The standard InChI is InChI=1S/C22H34N2O2/c1-5-16-7-9-17(10-8-16)15-23-20(25)21(26)24-19-13-11-18(12-14-19)22(3,4)6-2/h7-10,18-19H,5-6,11-15H2,1-4H3,(H,23,25)(H,24,26). The lowest BCUT2D eigenvalue weighted by Gasteiger charge is -2.39. The van der Waals surface area contributed by atoms with Gasteiger partial charge in [-0.3, -0.25) is 9.59 Å². The Bertz CT molecular complexity index is 599. The Balaban J connectivity index is 1.74. The number of hydrogen-bond donors (Lipinski definition) is 2. The molecule has 0 aliphatic heterocycles. The van der Waals surface area contributed by atoms with Gasteiger partial charge in [-0.1, -0.05) is 58.4 Å². The molecule has 1 aromatic rings. The molecule has 1 aliphatic carbocycles. The zero-order valence-corrected chi connectivity index (χ0v) is 16.7. The largest absolute Gasteiger partial charge is 0.345 e. The van der Waals surface area contributed by atoms with E-state index in [1.807, 2.05) is 12.1 Å². The number of aryl methyl sites for hydroxylation is 1. The first-order valence-corrected chi connectivity index (χ1v) is 10.0. The van der Waals surface area contributed by atoms with Crippen LogP contribution in [0, 0.1) is 11.3 Å². The van der Waals surface area contributed by atoms with Crippen molar-refractivity contribution in [2.75, 3.05) is 0 Å². The highest BCUT2D eigenvalue weighted by atomic mass is 16.2. The van der Waals surface area contributed by atoms with Crippen molar-refractivity contribution < 1.29 is 9.59 Å². The SMILES string of the molecule is CCc1ccc(CNC(=O)C(=O)NC2CCC(C(C)(C)CC)CC2)cc1. The molecule has 2 N–H and O–H groups in total. The monoisotopic (exact) mass is 358 g/mol. The molecule has 4 nitrogen and oxygen atoms in total. The van der Waals surface area contributed by atoms with Crippen LogP contribution in [-0.4, -0.2) is 17.9 Å². The van der Waals surface area contributed by atoms with Gasteiger partial charge in [-0.2, -0.15) is 0 Å². The van der Waals surface area contributed by atoms with Gasteiger partial charge < -0.3 is 10.6 Å². The fourth-order valence-electron chi connectivity index (χ4n) is 3.71. The summed E-state index contributed by atoms with van der Waals surface area (Å²) < 4.78 is 0.